The molecule has 0 spiro atoms. The quantitative estimate of drug-likeness (QED) is 0.557. The Morgan fingerprint density at radius 1 is 1.38 bits per heavy atom. The number of aryl methyl sites for hydroxylation is 1. The van der Waals surface area contributed by atoms with E-state index in [9.17, 15) is 14.4 Å². The molecule has 0 aromatic carbocycles. The van der Waals surface area contributed by atoms with Crippen molar-refractivity contribution in [3.8, 4) is 0 Å². The second-order valence-corrected chi connectivity index (χ2v) is 4.49. The zero-order valence-electron chi connectivity index (χ0n) is 11.6. The number of carboxylic acids is 1. The summed E-state index contributed by atoms with van der Waals surface area (Å²) in [6.07, 6.45) is -0.169. The molecule has 0 unspecified atom stereocenters. The van der Waals surface area contributed by atoms with Gasteiger partial charge >= 0.3 is 12.0 Å². The Kier molecular flexibility index (Phi) is 6.12. The number of nitrogens with zero attached hydrogens (tertiary/aromatic N) is 1. The second-order valence-electron chi connectivity index (χ2n) is 4.49. The largest absolute Gasteiger partial charge is 0.480 e. The maximum atomic E-state index is 11.6. The van der Waals surface area contributed by atoms with Crippen LogP contribution in [0, 0.1) is 6.92 Å². The number of nitrogens with two attached hydrogens (primary N) is 1. The highest BCUT2D eigenvalue weighted by molar-refractivity contribution is 5.83. The van der Waals surface area contributed by atoms with Crippen LogP contribution in [0.3, 0.4) is 0 Å². The van der Waals surface area contributed by atoms with Crippen molar-refractivity contribution >= 4 is 17.9 Å². The van der Waals surface area contributed by atoms with E-state index in [1.807, 2.05) is 19.1 Å². The van der Waals surface area contributed by atoms with Crippen LogP contribution >= 0.6 is 0 Å². The maximum Gasteiger partial charge on any atom is 0.326 e. The van der Waals surface area contributed by atoms with E-state index < -0.39 is 23.9 Å². The number of primary amides is 1. The van der Waals surface area contributed by atoms with E-state index >= 15 is 0 Å². The van der Waals surface area contributed by atoms with Crippen LogP contribution in [0.15, 0.2) is 18.2 Å². The molecule has 1 rings (SSSR count). The van der Waals surface area contributed by atoms with Crippen LogP contribution in [0.4, 0.5) is 4.79 Å². The third-order valence-corrected chi connectivity index (χ3v) is 2.66. The fraction of sp³-hybridized carbons (Fsp3) is 0.385. The van der Waals surface area contributed by atoms with Gasteiger partial charge in [0.15, 0.2) is 0 Å². The molecule has 0 fully saturated rings. The third-order valence-electron chi connectivity index (χ3n) is 2.66. The third kappa shape index (κ3) is 6.37. The first-order chi connectivity index (χ1) is 9.88. The number of aromatic nitrogens is 1. The molecule has 5 N–H and O–H groups in total. The van der Waals surface area contributed by atoms with E-state index in [1.165, 1.54) is 0 Å². The van der Waals surface area contributed by atoms with Gasteiger partial charge in [-0.1, -0.05) is 6.07 Å². The summed E-state index contributed by atoms with van der Waals surface area (Å²) in [5, 5.41) is 13.7. The molecule has 0 saturated heterocycles. The highest BCUT2D eigenvalue weighted by Gasteiger charge is 2.20. The molecule has 0 bridgehead atoms. The molecule has 0 radical (unpaired) electrons. The van der Waals surface area contributed by atoms with Crippen LogP contribution in [0.2, 0.25) is 0 Å². The fourth-order valence-electron chi connectivity index (χ4n) is 1.62. The molecule has 8 nitrogen and oxygen atoms in total. The van der Waals surface area contributed by atoms with Crippen molar-refractivity contribution < 1.29 is 19.5 Å². The zero-order valence-corrected chi connectivity index (χ0v) is 11.6. The smallest absolute Gasteiger partial charge is 0.326 e. The molecule has 1 aromatic rings. The number of rotatable bonds is 7. The Balaban J connectivity index is 2.46. The second kappa shape index (κ2) is 7.83. The van der Waals surface area contributed by atoms with Crippen LogP contribution in [0.25, 0.3) is 0 Å². The number of carboxylic acid groups (broad SMARTS) is 1. The van der Waals surface area contributed by atoms with Crippen LogP contribution in [0.1, 0.15) is 24.2 Å². The van der Waals surface area contributed by atoms with E-state index in [2.05, 4.69) is 15.6 Å². The van der Waals surface area contributed by atoms with Crippen LogP contribution in [-0.2, 0) is 16.1 Å². The molecule has 21 heavy (non-hydrogen) atoms. The number of pyridine rings is 1. The molecule has 1 aromatic heterocycles. The standard InChI is InChI=1S/C13H18N4O4/c1-8-3-2-4-9(16-8)7-15-13(21)17-10(12(19)20)5-6-11(14)18/h2-4,10H,5-7H2,1H3,(H2,14,18)(H,19,20)(H2,15,17,21)/t10-/m0/s1. The minimum absolute atomic E-state index is 0.0548. The number of urea groups is 1. The molecule has 8 heteroatoms. The van der Waals surface area contributed by atoms with Crippen molar-refractivity contribution in [3.05, 3.63) is 29.6 Å². The lowest BCUT2D eigenvalue weighted by Crippen LogP contribution is -2.46. The van der Waals surface area contributed by atoms with Crippen LogP contribution in [-0.4, -0.2) is 34.0 Å². The van der Waals surface area contributed by atoms with E-state index in [-0.39, 0.29) is 19.4 Å². The van der Waals surface area contributed by atoms with Gasteiger partial charge in [0, 0.05) is 12.1 Å². The van der Waals surface area contributed by atoms with Crippen LogP contribution in [0.5, 0.6) is 0 Å². The number of hydrogen-bond donors (Lipinski definition) is 4. The predicted molar refractivity (Wildman–Crippen MR) is 74.2 cm³/mol. The Morgan fingerprint density at radius 3 is 2.67 bits per heavy atom. The zero-order chi connectivity index (χ0) is 15.8. The highest BCUT2D eigenvalue weighted by atomic mass is 16.4. The number of carbonyl (C=O) groups is 3. The first kappa shape index (κ1) is 16.4. The molecule has 114 valence electrons. The van der Waals surface area contributed by atoms with Gasteiger partial charge in [-0.15, -0.1) is 0 Å². The van der Waals surface area contributed by atoms with Gasteiger partial charge in [-0.2, -0.15) is 0 Å². The Labute approximate surface area is 121 Å². The normalized spacial score (nSPS) is 11.5. The summed E-state index contributed by atoms with van der Waals surface area (Å²) in [6.45, 7) is 2.00. The fourth-order valence-corrected chi connectivity index (χ4v) is 1.62. The molecule has 0 aliphatic rings. The van der Waals surface area contributed by atoms with Gasteiger partial charge in [0.2, 0.25) is 5.91 Å². The Bertz CT molecular complexity index is 533. The van der Waals surface area contributed by atoms with Gasteiger partial charge in [-0.05, 0) is 25.5 Å². The number of carbonyl (C=O) groups excluding carboxylic acids is 2. The maximum absolute atomic E-state index is 11.6. The lowest BCUT2D eigenvalue weighted by Gasteiger charge is -2.14. The van der Waals surface area contributed by atoms with Crippen molar-refractivity contribution in [2.75, 3.05) is 0 Å². The van der Waals surface area contributed by atoms with Crippen molar-refractivity contribution in [2.45, 2.75) is 32.4 Å². The number of nitrogens with one attached hydrogen (secondary N) is 2. The first-order valence-electron chi connectivity index (χ1n) is 6.36. The molecule has 0 aliphatic heterocycles. The summed E-state index contributed by atoms with van der Waals surface area (Å²) in [4.78, 5) is 37.4. The molecule has 0 aliphatic carbocycles. The van der Waals surface area contributed by atoms with Gasteiger partial charge in [-0.3, -0.25) is 9.78 Å². The Morgan fingerprint density at radius 2 is 2.10 bits per heavy atom. The van der Waals surface area contributed by atoms with E-state index in [0.717, 1.165) is 5.69 Å². The SMILES string of the molecule is Cc1cccc(CNC(=O)N[C@@H](CCC(N)=O)C(=O)O)n1. The molecule has 1 heterocycles. The van der Waals surface area contributed by atoms with Gasteiger partial charge in [0.05, 0.1) is 12.2 Å². The Hall–Kier alpha value is -2.64. The summed E-state index contributed by atoms with van der Waals surface area (Å²) >= 11 is 0. The van der Waals surface area contributed by atoms with Crippen LogP contribution < -0.4 is 16.4 Å². The number of amides is 3. The molecular formula is C13H18N4O4. The van der Waals surface area contributed by atoms with E-state index in [4.69, 9.17) is 10.8 Å². The lowest BCUT2D eigenvalue weighted by molar-refractivity contribution is -0.139. The molecule has 1 atom stereocenters. The van der Waals surface area contributed by atoms with E-state index in [1.54, 1.807) is 6.07 Å². The van der Waals surface area contributed by atoms with Crippen molar-refractivity contribution in [1.29, 1.82) is 0 Å². The summed E-state index contributed by atoms with van der Waals surface area (Å²) in [6, 6.07) is 3.57. The molecule has 3 amide bonds. The average molecular weight is 294 g/mol. The van der Waals surface area contributed by atoms with Gasteiger partial charge in [0.25, 0.3) is 0 Å². The van der Waals surface area contributed by atoms with Gasteiger partial charge in [0.1, 0.15) is 6.04 Å². The van der Waals surface area contributed by atoms with E-state index in [0.29, 0.717) is 5.69 Å². The summed E-state index contributed by atoms with van der Waals surface area (Å²) < 4.78 is 0. The summed E-state index contributed by atoms with van der Waals surface area (Å²) in [5.41, 5.74) is 6.43. The lowest BCUT2D eigenvalue weighted by atomic mass is 10.1. The molecular weight excluding hydrogens is 276 g/mol. The minimum Gasteiger partial charge on any atom is -0.480 e. The van der Waals surface area contributed by atoms with Crippen molar-refractivity contribution in [2.24, 2.45) is 5.73 Å². The van der Waals surface area contributed by atoms with Crippen molar-refractivity contribution in [3.63, 3.8) is 0 Å². The summed E-state index contributed by atoms with van der Waals surface area (Å²) in [5.74, 6) is -1.84. The van der Waals surface area contributed by atoms with Gasteiger partial charge in [-0.25, -0.2) is 9.59 Å². The van der Waals surface area contributed by atoms with Crippen molar-refractivity contribution in [1.82, 2.24) is 15.6 Å². The van der Waals surface area contributed by atoms with Gasteiger partial charge < -0.3 is 21.5 Å². The molecule has 0 saturated carbocycles. The number of aliphatic carboxylic acids is 1. The minimum atomic E-state index is -1.22. The predicted octanol–water partition coefficient (Wildman–Crippen LogP) is -0.0921. The summed E-state index contributed by atoms with van der Waals surface area (Å²) in [7, 11) is 0. The number of hydrogen-bond acceptors (Lipinski definition) is 4. The first-order valence-corrected chi connectivity index (χ1v) is 6.36. The topological polar surface area (TPSA) is 134 Å². The highest BCUT2D eigenvalue weighted by Crippen LogP contribution is 1.99. The monoisotopic (exact) mass is 294 g/mol. The average Bonchev–Trinajstić information content (AvgIpc) is 2.40.